The first-order valence-electron chi connectivity index (χ1n) is 8.55. The van der Waals surface area contributed by atoms with Crippen molar-refractivity contribution in [2.45, 2.75) is 32.9 Å². The summed E-state index contributed by atoms with van der Waals surface area (Å²) in [6, 6.07) is 12.0. The number of guanidine groups is 1. The Kier molecular flexibility index (Phi) is 7.69. The minimum Gasteiger partial charge on any atom is -0.489 e. The average molecular weight is 344 g/mol. The van der Waals surface area contributed by atoms with Gasteiger partial charge in [0.05, 0.1) is 18.8 Å². The number of rotatable bonds is 8. The molecular formula is C19H25FN4O. The van der Waals surface area contributed by atoms with Crippen molar-refractivity contribution in [1.29, 1.82) is 0 Å². The molecule has 0 amide bonds. The van der Waals surface area contributed by atoms with E-state index >= 15 is 0 Å². The number of aliphatic imine (C=N–C) groups is 1. The predicted octanol–water partition coefficient (Wildman–Crippen LogP) is 3.13. The fraction of sp³-hybridized carbons (Fsp3) is 0.368. The van der Waals surface area contributed by atoms with Crippen molar-refractivity contribution in [3.05, 3.63) is 60.2 Å². The summed E-state index contributed by atoms with van der Waals surface area (Å²) in [5.41, 5.74) is 0.905. The molecule has 0 radical (unpaired) electrons. The summed E-state index contributed by atoms with van der Waals surface area (Å²) in [7, 11) is 0. The lowest BCUT2D eigenvalue weighted by Gasteiger charge is -2.20. The molecule has 1 aromatic heterocycles. The van der Waals surface area contributed by atoms with Crippen molar-refractivity contribution in [2.75, 3.05) is 13.1 Å². The second-order valence-corrected chi connectivity index (χ2v) is 5.50. The van der Waals surface area contributed by atoms with E-state index in [4.69, 9.17) is 4.74 Å². The van der Waals surface area contributed by atoms with Crippen LogP contribution in [-0.4, -0.2) is 30.1 Å². The van der Waals surface area contributed by atoms with E-state index in [1.54, 1.807) is 18.3 Å². The summed E-state index contributed by atoms with van der Waals surface area (Å²) in [6.07, 6.45) is 2.47. The van der Waals surface area contributed by atoms with Gasteiger partial charge in [0, 0.05) is 18.8 Å². The van der Waals surface area contributed by atoms with E-state index in [1.165, 1.54) is 12.1 Å². The van der Waals surface area contributed by atoms with Crippen molar-refractivity contribution in [3.63, 3.8) is 0 Å². The first-order valence-corrected chi connectivity index (χ1v) is 8.55. The first kappa shape index (κ1) is 18.7. The van der Waals surface area contributed by atoms with Crippen molar-refractivity contribution >= 4 is 5.96 Å². The molecule has 2 rings (SSSR count). The second kappa shape index (κ2) is 10.3. The van der Waals surface area contributed by atoms with E-state index in [9.17, 15) is 4.39 Å². The largest absolute Gasteiger partial charge is 0.489 e. The van der Waals surface area contributed by atoms with Crippen LogP contribution in [0.25, 0.3) is 0 Å². The normalized spacial score (nSPS) is 12.5. The molecule has 1 heterocycles. The van der Waals surface area contributed by atoms with Gasteiger partial charge in [-0.2, -0.15) is 0 Å². The Labute approximate surface area is 148 Å². The molecule has 0 aliphatic carbocycles. The number of hydrogen-bond donors (Lipinski definition) is 2. The van der Waals surface area contributed by atoms with Crippen LogP contribution in [0.1, 0.15) is 26.0 Å². The highest BCUT2D eigenvalue weighted by molar-refractivity contribution is 5.79. The molecule has 0 fully saturated rings. The molecule has 0 saturated heterocycles. The van der Waals surface area contributed by atoms with Crippen LogP contribution >= 0.6 is 0 Å². The molecule has 0 bridgehead atoms. The van der Waals surface area contributed by atoms with Crippen LogP contribution in [0.5, 0.6) is 5.75 Å². The minimum atomic E-state index is -0.300. The van der Waals surface area contributed by atoms with Gasteiger partial charge in [0.2, 0.25) is 0 Å². The van der Waals surface area contributed by atoms with Gasteiger partial charge in [-0.1, -0.05) is 19.1 Å². The summed E-state index contributed by atoms with van der Waals surface area (Å²) in [4.78, 5) is 8.79. The maximum absolute atomic E-state index is 13.3. The summed E-state index contributed by atoms with van der Waals surface area (Å²) < 4.78 is 19.1. The second-order valence-electron chi connectivity index (χ2n) is 5.50. The topological polar surface area (TPSA) is 58.5 Å². The SMILES string of the molecule is CCNC(=NCc1ccccn1)NCC(CC)Oc1cccc(F)c1. The Bertz CT molecular complexity index is 663. The summed E-state index contributed by atoms with van der Waals surface area (Å²) in [6.45, 7) is 5.87. The monoisotopic (exact) mass is 344 g/mol. The number of nitrogens with one attached hydrogen (secondary N) is 2. The Morgan fingerprint density at radius 3 is 2.76 bits per heavy atom. The predicted molar refractivity (Wildman–Crippen MR) is 98.2 cm³/mol. The standard InChI is InChI=1S/C19H25FN4O/c1-3-17(25-18-10-7-8-15(20)12-18)14-24-19(21-4-2)23-13-16-9-5-6-11-22-16/h5-12,17H,3-4,13-14H2,1-2H3,(H2,21,23,24). The van der Waals surface area contributed by atoms with Crippen molar-refractivity contribution < 1.29 is 9.13 Å². The first-order chi connectivity index (χ1) is 12.2. The Hall–Kier alpha value is -2.63. The lowest BCUT2D eigenvalue weighted by Crippen LogP contribution is -2.42. The molecule has 0 aliphatic heterocycles. The molecule has 2 N–H and O–H groups in total. The molecule has 1 unspecified atom stereocenters. The molecule has 6 heteroatoms. The van der Waals surface area contributed by atoms with Crippen LogP contribution in [0.15, 0.2) is 53.7 Å². The molecule has 5 nitrogen and oxygen atoms in total. The van der Waals surface area contributed by atoms with Crippen LogP contribution in [0.2, 0.25) is 0 Å². The number of halogens is 1. The third kappa shape index (κ3) is 6.79. The van der Waals surface area contributed by atoms with E-state index in [-0.39, 0.29) is 11.9 Å². The summed E-state index contributed by atoms with van der Waals surface area (Å²) >= 11 is 0. The van der Waals surface area contributed by atoms with Gasteiger partial charge in [-0.3, -0.25) is 4.98 Å². The molecule has 0 spiro atoms. The van der Waals surface area contributed by atoms with Crippen molar-refractivity contribution in [2.24, 2.45) is 4.99 Å². The van der Waals surface area contributed by atoms with Crippen molar-refractivity contribution in [3.8, 4) is 5.75 Å². The van der Waals surface area contributed by atoms with Gasteiger partial charge in [0.15, 0.2) is 5.96 Å². The van der Waals surface area contributed by atoms with Crippen LogP contribution < -0.4 is 15.4 Å². The minimum absolute atomic E-state index is 0.0829. The van der Waals surface area contributed by atoms with Gasteiger partial charge in [0.1, 0.15) is 17.7 Å². The highest BCUT2D eigenvalue weighted by atomic mass is 19.1. The van der Waals surface area contributed by atoms with Gasteiger partial charge < -0.3 is 15.4 Å². The van der Waals surface area contributed by atoms with Crippen LogP contribution in [0.3, 0.4) is 0 Å². The molecule has 2 aromatic rings. The van der Waals surface area contributed by atoms with E-state index in [0.717, 1.165) is 18.7 Å². The average Bonchev–Trinajstić information content (AvgIpc) is 2.63. The van der Waals surface area contributed by atoms with E-state index in [2.05, 4.69) is 20.6 Å². The Morgan fingerprint density at radius 2 is 2.08 bits per heavy atom. The number of benzene rings is 1. The summed E-state index contributed by atoms with van der Waals surface area (Å²) in [5, 5.41) is 6.47. The van der Waals surface area contributed by atoms with Gasteiger partial charge >= 0.3 is 0 Å². The smallest absolute Gasteiger partial charge is 0.191 e. The van der Waals surface area contributed by atoms with E-state index < -0.39 is 0 Å². The zero-order chi connectivity index (χ0) is 17.9. The zero-order valence-corrected chi connectivity index (χ0v) is 14.7. The molecule has 1 atom stereocenters. The van der Waals surface area contributed by atoms with Crippen molar-refractivity contribution in [1.82, 2.24) is 15.6 Å². The number of pyridine rings is 1. The number of nitrogens with zero attached hydrogens (tertiary/aromatic N) is 2. The molecule has 1 aromatic carbocycles. The number of aromatic nitrogens is 1. The quantitative estimate of drug-likeness (QED) is 0.571. The molecule has 0 saturated carbocycles. The third-order valence-corrected chi connectivity index (χ3v) is 3.52. The lowest BCUT2D eigenvalue weighted by atomic mass is 10.2. The van der Waals surface area contributed by atoms with E-state index in [0.29, 0.717) is 24.8 Å². The number of hydrogen-bond acceptors (Lipinski definition) is 3. The highest BCUT2D eigenvalue weighted by Gasteiger charge is 2.10. The van der Waals surface area contributed by atoms with Gasteiger partial charge in [-0.15, -0.1) is 0 Å². The fourth-order valence-corrected chi connectivity index (χ4v) is 2.21. The van der Waals surface area contributed by atoms with Gasteiger partial charge in [-0.05, 0) is 37.6 Å². The van der Waals surface area contributed by atoms with Gasteiger partial charge in [-0.25, -0.2) is 9.38 Å². The Morgan fingerprint density at radius 1 is 1.20 bits per heavy atom. The maximum Gasteiger partial charge on any atom is 0.191 e. The third-order valence-electron chi connectivity index (χ3n) is 3.52. The molecular weight excluding hydrogens is 319 g/mol. The lowest BCUT2D eigenvalue weighted by molar-refractivity contribution is 0.198. The fourth-order valence-electron chi connectivity index (χ4n) is 2.21. The van der Waals surface area contributed by atoms with Crippen LogP contribution in [0, 0.1) is 5.82 Å². The Balaban J connectivity index is 1.91. The molecule has 0 aliphatic rings. The molecule has 134 valence electrons. The number of ether oxygens (including phenoxy) is 1. The summed E-state index contributed by atoms with van der Waals surface area (Å²) in [5.74, 6) is 0.934. The highest BCUT2D eigenvalue weighted by Crippen LogP contribution is 2.14. The molecule has 25 heavy (non-hydrogen) atoms. The van der Waals surface area contributed by atoms with Gasteiger partial charge in [0.25, 0.3) is 0 Å². The van der Waals surface area contributed by atoms with Crippen LogP contribution in [-0.2, 0) is 6.54 Å². The van der Waals surface area contributed by atoms with Crippen LogP contribution in [0.4, 0.5) is 4.39 Å². The van der Waals surface area contributed by atoms with E-state index in [1.807, 2.05) is 32.0 Å². The zero-order valence-electron chi connectivity index (χ0n) is 14.7. The maximum atomic E-state index is 13.3.